The van der Waals surface area contributed by atoms with Gasteiger partial charge in [-0.25, -0.2) is 0 Å². The van der Waals surface area contributed by atoms with Crippen molar-refractivity contribution in [1.82, 2.24) is 5.32 Å². The van der Waals surface area contributed by atoms with Crippen LogP contribution in [0.4, 0.5) is 0 Å². The molecule has 0 amide bonds. The average molecular weight is 268 g/mol. The molecule has 0 heterocycles. The molecule has 1 fully saturated rings. The Morgan fingerprint density at radius 3 is 2.78 bits per heavy atom. The van der Waals surface area contributed by atoms with E-state index in [9.17, 15) is 0 Å². The molecule has 2 rings (SSSR count). The van der Waals surface area contributed by atoms with E-state index in [2.05, 4.69) is 25.2 Å². The molecule has 0 radical (unpaired) electrons. The number of benzene rings is 1. The molecule has 1 saturated carbocycles. The van der Waals surface area contributed by atoms with E-state index < -0.39 is 0 Å². The zero-order valence-electron chi connectivity index (χ0n) is 11.4. The minimum Gasteiger partial charge on any atom is -0.495 e. The van der Waals surface area contributed by atoms with Crippen LogP contribution in [0.1, 0.15) is 38.7 Å². The number of rotatable bonds is 4. The maximum Gasteiger partial charge on any atom is 0.137 e. The summed E-state index contributed by atoms with van der Waals surface area (Å²) < 4.78 is 5.15. The van der Waals surface area contributed by atoms with Crippen molar-refractivity contribution in [2.45, 2.75) is 45.7 Å². The molecule has 1 unspecified atom stereocenters. The van der Waals surface area contributed by atoms with Gasteiger partial charge in [-0.3, -0.25) is 0 Å². The zero-order valence-corrected chi connectivity index (χ0v) is 12.2. The Morgan fingerprint density at radius 2 is 2.22 bits per heavy atom. The second-order valence-electron chi connectivity index (χ2n) is 5.95. The van der Waals surface area contributed by atoms with Gasteiger partial charge in [0.2, 0.25) is 0 Å². The summed E-state index contributed by atoms with van der Waals surface area (Å²) in [5.74, 6) is 0.738. The normalized spacial score (nSPS) is 22.1. The van der Waals surface area contributed by atoms with Crippen molar-refractivity contribution in [1.29, 1.82) is 0 Å². The minimum absolute atomic E-state index is 0.495. The standard InChI is InChI=1S/C15H22ClNO/c1-15(2)7-6-12(9-15)17-10-11-4-5-14(18-3)13(16)8-11/h4-5,8,12,17H,6-7,9-10H2,1-3H3. The van der Waals surface area contributed by atoms with Crippen LogP contribution in [0.5, 0.6) is 5.75 Å². The van der Waals surface area contributed by atoms with Crippen molar-refractivity contribution in [3.63, 3.8) is 0 Å². The van der Waals surface area contributed by atoms with Crippen molar-refractivity contribution in [3.8, 4) is 5.75 Å². The average Bonchev–Trinajstić information content (AvgIpc) is 2.66. The second-order valence-corrected chi connectivity index (χ2v) is 6.36. The molecule has 1 aliphatic rings. The van der Waals surface area contributed by atoms with Crippen LogP contribution in [0, 0.1) is 5.41 Å². The summed E-state index contributed by atoms with van der Waals surface area (Å²) in [6, 6.07) is 6.62. The summed E-state index contributed by atoms with van der Waals surface area (Å²) in [6.07, 6.45) is 3.85. The van der Waals surface area contributed by atoms with Gasteiger partial charge < -0.3 is 10.1 Å². The molecule has 2 nitrogen and oxygen atoms in total. The highest BCUT2D eigenvalue weighted by Gasteiger charge is 2.30. The Morgan fingerprint density at radius 1 is 1.44 bits per heavy atom. The Kier molecular flexibility index (Phi) is 4.18. The van der Waals surface area contributed by atoms with Crippen LogP contribution < -0.4 is 10.1 Å². The number of methoxy groups -OCH3 is 1. The number of halogens is 1. The molecule has 1 atom stereocenters. The molecule has 18 heavy (non-hydrogen) atoms. The fraction of sp³-hybridized carbons (Fsp3) is 0.600. The zero-order chi connectivity index (χ0) is 13.2. The van der Waals surface area contributed by atoms with Crippen LogP contribution in [-0.4, -0.2) is 13.2 Å². The highest BCUT2D eigenvalue weighted by atomic mass is 35.5. The van der Waals surface area contributed by atoms with Crippen LogP contribution in [0.2, 0.25) is 5.02 Å². The van der Waals surface area contributed by atoms with Crippen molar-refractivity contribution in [3.05, 3.63) is 28.8 Å². The number of nitrogens with one attached hydrogen (secondary N) is 1. The van der Waals surface area contributed by atoms with Crippen molar-refractivity contribution < 1.29 is 4.74 Å². The summed E-state index contributed by atoms with van der Waals surface area (Å²) in [6.45, 7) is 5.57. The Balaban J connectivity index is 1.89. The van der Waals surface area contributed by atoms with E-state index in [1.807, 2.05) is 12.1 Å². The maximum absolute atomic E-state index is 6.12. The van der Waals surface area contributed by atoms with Crippen molar-refractivity contribution in [2.24, 2.45) is 5.41 Å². The minimum atomic E-state index is 0.495. The van der Waals surface area contributed by atoms with Crippen LogP contribution in [0.15, 0.2) is 18.2 Å². The van der Waals surface area contributed by atoms with E-state index >= 15 is 0 Å². The molecular weight excluding hydrogens is 246 g/mol. The largest absolute Gasteiger partial charge is 0.495 e. The molecule has 0 aliphatic heterocycles. The van der Waals surface area contributed by atoms with Gasteiger partial charge >= 0.3 is 0 Å². The van der Waals surface area contributed by atoms with E-state index in [4.69, 9.17) is 16.3 Å². The lowest BCUT2D eigenvalue weighted by Crippen LogP contribution is -2.26. The lowest BCUT2D eigenvalue weighted by molar-refractivity contribution is 0.364. The molecule has 100 valence electrons. The lowest BCUT2D eigenvalue weighted by Gasteiger charge is -2.18. The first-order chi connectivity index (χ1) is 8.50. The van der Waals surface area contributed by atoms with Gasteiger partial charge in [-0.1, -0.05) is 31.5 Å². The van der Waals surface area contributed by atoms with Gasteiger partial charge in [0.15, 0.2) is 0 Å². The monoisotopic (exact) mass is 267 g/mol. The topological polar surface area (TPSA) is 21.3 Å². The predicted molar refractivity (Wildman–Crippen MR) is 76.3 cm³/mol. The second kappa shape index (κ2) is 5.50. The highest BCUT2D eigenvalue weighted by molar-refractivity contribution is 6.32. The van der Waals surface area contributed by atoms with E-state index in [0.717, 1.165) is 12.3 Å². The van der Waals surface area contributed by atoms with Gasteiger partial charge in [-0.15, -0.1) is 0 Å². The van der Waals surface area contributed by atoms with Crippen LogP contribution >= 0.6 is 11.6 Å². The quantitative estimate of drug-likeness (QED) is 0.890. The van der Waals surface area contributed by atoms with Gasteiger partial charge in [-0.05, 0) is 42.4 Å². The summed E-state index contributed by atoms with van der Waals surface area (Å²) in [4.78, 5) is 0. The molecule has 1 N–H and O–H groups in total. The number of hydrogen-bond donors (Lipinski definition) is 1. The van der Waals surface area contributed by atoms with E-state index in [-0.39, 0.29) is 0 Å². The van der Waals surface area contributed by atoms with Gasteiger partial charge in [0.05, 0.1) is 12.1 Å². The molecule has 3 heteroatoms. The molecule has 1 aliphatic carbocycles. The van der Waals surface area contributed by atoms with Gasteiger partial charge in [0.1, 0.15) is 5.75 Å². The van der Waals surface area contributed by atoms with Crippen LogP contribution in [0.25, 0.3) is 0 Å². The summed E-state index contributed by atoms with van der Waals surface area (Å²) in [5.41, 5.74) is 1.71. The fourth-order valence-corrected chi connectivity index (χ4v) is 2.97. The first kappa shape index (κ1) is 13.7. The smallest absolute Gasteiger partial charge is 0.137 e. The number of hydrogen-bond acceptors (Lipinski definition) is 2. The lowest BCUT2D eigenvalue weighted by atomic mass is 9.92. The molecular formula is C15H22ClNO. The van der Waals surface area contributed by atoms with Crippen LogP contribution in [0.3, 0.4) is 0 Å². The Bertz CT molecular complexity index is 417. The molecule has 0 aromatic heterocycles. The molecule has 0 bridgehead atoms. The van der Waals surface area contributed by atoms with Gasteiger partial charge in [-0.2, -0.15) is 0 Å². The third-order valence-corrected chi connectivity index (χ3v) is 4.07. The fourth-order valence-electron chi connectivity index (χ4n) is 2.69. The first-order valence-electron chi connectivity index (χ1n) is 6.56. The number of ether oxygens (including phenoxy) is 1. The van der Waals surface area contributed by atoms with E-state index in [1.54, 1.807) is 7.11 Å². The summed E-state index contributed by atoms with van der Waals surface area (Å²) >= 11 is 6.12. The van der Waals surface area contributed by atoms with Gasteiger partial charge in [0, 0.05) is 12.6 Å². The van der Waals surface area contributed by atoms with Gasteiger partial charge in [0.25, 0.3) is 0 Å². The first-order valence-corrected chi connectivity index (χ1v) is 6.94. The SMILES string of the molecule is COc1ccc(CNC2CCC(C)(C)C2)cc1Cl. The predicted octanol–water partition coefficient (Wildman–Crippen LogP) is 4.02. The van der Waals surface area contributed by atoms with E-state index in [1.165, 1.54) is 24.8 Å². The molecule has 0 saturated heterocycles. The summed E-state index contributed by atoms with van der Waals surface area (Å²) in [7, 11) is 1.64. The molecule has 1 aromatic rings. The third kappa shape index (κ3) is 3.39. The molecule has 1 aromatic carbocycles. The highest BCUT2D eigenvalue weighted by Crippen LogP contribution is 2.37. The van der Waals surface area contributed by atoms with E-state index in [0.29, 0.717) is 16.5 Å². The Labute approximate surface area is 115 Å². The van der Waals surface area contributed by atoms with Crippen LogP contribution in [-0.2, 0) is 6.54 Å². The Hall–Kier alpha value is -0.730. The summed E-state index contributed by atoms with van der Waals surface area (Å²) in [5, 5.41) is 4.30. The maximum atomic E-state index is 6.12. The van der Waals surface area contributed by atoms with Crippen molar-refractivity contribution in [2.75, 3.05) is 7.11 Å². The third-order valence-electron chi connectivity index (χ3n) is 3.78. The molecule has 0 spiro atoms. The van der Waals surface area contributed by atoms with Crippen molar-refractivity contribution >= 4 is 11.6 Å².